The van der Waals surface area contributed by atoms with Gasteiger partial charge in [0.05, 0.1) is 33.5 Å². The molecule has 0 bridgehead atoms. The number of nitrogens with zero attached hydrogens (tertiary/aromatic N) is 3. The first-order valence-electron chi connectivity index (χ1n) is 17.3. The molecular weight excluding hydrogens is 639 g/mol. The van der Waals surface area contributed by atoms with Gasteiger partial charge >= 0.3 is 0 Å². The number of benzene rings is 7. The number of para-hydroxylation sites is 3. The largest absolute Gasteiger partial charge is 0.309 e. The van der Waals surface area contributed by atoms with E-state index in [2.05, 4.69) is 185 Å². The van der Waals surface area contributed by atoms with Gasteiger partial charge in [-0.25, -0.2) is 4.98 Å². The fourth-order valence-corrected chi connectivity index (χ4v) is 9.29. The lowest BCUT2D eigenvalue weighted by molar-refractivity contribution is 1.16. The maximum atomic E-state index is 5.29. The van der Waals surface area contributed by atoms with Gasteiger partial charge in [-0.2, -0.15) is 0 Å². The molecule has 11 rings (SSSR count). The molecule has 7 aromatic carbocycles. The average molecular weight is 668 g/mol. The topological polar surface area (TPSA) is 22.8 Å². The summed E-state index contributed by atoms with van der Waals surface area (Å²) in [5, 5.41) is 7.59. The van der Waals surface area contributed by atoms with E-state index in [9.17, 15) is 0 Å². The maximum Gasteiger partial charge on any atom is 0.0723 e. The first-order valence-corrected chi connectivity index (χ1v) is 18.1. The molecule has 51 heavy (non-hydrogen) atoms. The molecule has 4 heterocycles. The minimum Gasteiger partial charge on any atom is -0.309 e. The molecule has 0 aliphatic carbocycles. The third-order valence-corrected chi connectivity index (χ3v) is 11.5. The second-order valence-corrected chi connectivity index (χ2v) is 14.2. The molecule has 0 fully saturated rings. The Bertz CT molecular complexity index is 3140. The molecule has 0 radical (unpaired) electrons. The first kappa shape index (κ1) is 28.4. The van der Waals surface area contributed by atoms with E-state index in [-0.39, 0.29) is 0 Å². The van der Waals surface area contributed by atoms with E-state index in [1.54, 1.807) is 0 Å². The minimum atomic E-state index is 0.958. The van der Waals surface area contributed by atoms with Crippen LogP contribution < -0.4 is 0 Å². The van der Waals surface area contributed by atoms with Gasteiger partial charge in [0.2, 0.25) is 0 Å². The molecule has 0 spiro atoms. The highest BCUT2D eigenvalue weighted by Gasteiger charge is 2.19. The van der Waals surface area contributed by atoms with Gasteiger partial charge in [-0.15, -0.1) is 11.3 Å². The molecule has 3 nitrogen and oxygen atoms in total. The highest BCUT2D eigenvalue weighted by molar-refractivity contribution is 7.26. The Kier molecular flexibility index (Phi) is 6.12. The van der Waals surface area contributed by atoms with Crippen molar-refractivity contribution in [2.24, 2.45) is 0 Å². The lowest BCUT2D eigenvalue weighted by Crippen LogP contribution is -1.96. The van der Waals surface area contributed by atoms with E-state index >= 15 is 0 Å². The normalized spacial score (nSPS) is 11.9. The molecule has 4 heteroatoms. The van der Waals surface area contributed by atoms with Crippen LogP contribution in [0.15, 0.2) is 176 Å². The molecule has 0 aliphatic rings. The predicted octanol–water partition coefficient (Wildman–Crippen LogP) is 13.0. The number of hydrogen-bond acceptors (Lipinski definition) is 2. The van der Waals surface area contributed by atoms with Crippen molar-refractivity contribution in [1.82, 2.24) is 14.1 Å². The van der Waals surface area contributed by atoms with Crippen molar-refractivity contribution >= 4 is 75.1 Å². The van der Waals surface area contributed by atoms with Gasteiger partial charge in [-0.3, -0.25) is 0 Å². The van der Waals surface area contributed by atoms with Crippen molar-refractivity contribution in [2.45, 2.75) is 0 Å². The van der Waals surface area contributed by atoms with Gasteiger partial charge in [0.15, 0.2) is 0 Å². The highest BCUT2D eigenvalue weighted by Crippen LogP contribution is 2.41. The number of rotatable bonds is 4. The van der Waals surface area contributed by atoms with Crippen molar-refractivity contribution in [2.75, 3.05) is 0 Å². The van der Waals surface area contributed by atoms with Crippen LogP contribution >= 0.6 is 11.3 Å². The third-order valence-electron chi connectivity index (χ3n) is 10.3. The van der Waals surface area contributed by atoms with Crippen molar-refractivity contribution in [3.8, 4) is 33.9 Å². The lowest BCUT2D eigenvalue weighted by atomic mass is 10.0. The smallest absolute Gasteiger partial charge is 0.0723 e. The minimum absolute atomic E-state index is 0.958. The van der Waals surface area contributed by atoms with E-state index < -0.39 is 0 Å². The summed E-state index contributed by atoms with van der Waals surface area (Å²) in [5.74, 6) is 0. The van der Waals surface area contributed by atoms with E-state index in [1.165, 1.54) is 69.3 Å². The Morgan fingerprint density at radius 2 is 0.961 bits per heavy atom. The molecule has 0 aliphatic heterocycles. The Hall–Kier alpha value is -6.49. The summed E-state index contributed by atoms with van der Waals surface area (Å²) < 4.78 is 7.40. The van der Waals surface area contributed by atoms with Gasteiger partial charge in [-0.05, 0) is 66.7 Å². The summed E-state index contributed by atoms with van der Waals surface area (Å²) in [6.45, 7) is 0. The van der Waals surface area contributed by atoms with Crippen LogP contribution in [0, 0.1) is 0 Å². The van der Waals surface area contributed by atoms with E-state index in [4.69, 9.17) is 4.98 Å². The Balaban J connectivity index is 1.11. The molecule has 0 amide bonds. The standard InChI is InChI=1S/C47H29N3S/c1-2-14-31(15-3-1)49-42-24-7-4-17-33(42)38-28-39-34-18-5-8-25-43(34)50(45(39)29-44(38)49)32-16-10-13-30(27-32)40-22-12-23-41(48-40)37-21-11-20-36-35-19-6-9-26-46(35)51-47(36)37/h1-29H. The van der Waals surface area contributed by atoms with E-state index in [0.717, 1.165) is 28.3 Å². The Morgan fingerprint density at radius 3 is 1.75 bits per heavy atom. The van der Waals surface area contributed by atoms with Crippen LogP contribution in [-0.2, 0) is 0 Å². The van der Waals surface area contributed by atoms with Gasteiger partial charge < -0.3 is 9.13 Å². The summed E-state index contributed by atoms with van der Waals surface area (Å²) in [7, 11) is 0. The van der Waals surface area contributed by atoms with Crippen molar-refractivity contribution in [3.05, 3.63) is 176 Å². The average Bonchev–Trinajstić information content (AvgIpc) is 3.85. The Labute approximate surface area is 297 Å². The molecule has 0 N–H and O–H groups in total. The van der Waals surface area contributed by atoms with E-state index in [1.807, 2.05) is 11.3 Å². The van der Waals surface area contributed by atoms with Crippen LogP contribution in [0.3, 0.4) is 0 Å². The highest BCUT2D eigenvalue weighted by atomic mass is 32.1. The SMILES string of the molecule is c1ccc(-n2c3ccccc3c3cc4c5ccccc5n(-c5cccc(-c6cccc(-c7cccc8c7sc7ccccc78)n6)c5)c4cc32)cc1. The first-order chi connectivity index (χ1) is 25.3. The van der Waals surface area contributed by atoms with Gasteiger partial charge in [0.1, 0.15) is 0 Å². The van der Waals surface area contributed by atoms with Crippen molar-refractivity contribution in [1.29, 1.82) is 0 Å². The van der Waals surface area contributed by atoms with Gasteiger partial charge in [-0.1, -0.05) is 109 Å². The van der Waals surface area contributed by atoms with Crippen LogP contribution in [0.25, 0.3) is 97.7 Å². The summed E-state index contributed by atoms with van der Waals surface area (Å²) in [6.07, 6.45) is 0. The molecule has 238 valence electrons. The monoisotopic (exact) mass is 667 g/mol. The maximum absolute atomic E-state index is 5.29. The van der Waals surface area contributed by atoms with Crippen LogP contribution in [0.2, 0.25) is 0 Å². The second-order valence-electron chi connectivity index (χ2n) is 13.2. The summed E-state index contributed by atoms with van der Waals surface area (Å²) in [6, 6.07) is 63.5. The van der Waals surface area contributed by atoms with Gasteiger partial charge in [0.25, 0.3) is 0 Å². The number of aromatic nitrogens is 3. The second kappa shape index (κ2) is 11.0. The number of hydrogen-bond donors (Lipinski definition) is 0. The van der Waals surface area contributed by atoms with E-state index in [0.29, 0.717) is 0 Å². The zero-order valence-corrected chi connectivity index (χ0v) is 28.3. The third kappa shape index (κ3) is 4.27. The molecule has 0 saturated carbocycles. The van der Waals surface area contributed by atoms with Crippen LogP contribution in [0.4, 0.5) is 0 Å². The van der Waals surface area contributed by atoms with Gasteiger partial charge in [0, 0.05) is 64.2 Å². The number of thiophene rings is 1. The zero-order valence-electron chi connectivity index (χ0n) is 27.5. The van der Waals surface area contributed by atoms with Crippen LogP contribution in [-0.4, -0.2) is 14.1 Å². The molecule has 4 aromatic heterocycles. The molecule has 0 atom stereocenters. The molecular formula is C47H29N3S. The molecule has 11 aromatic rings. The fourth-order valence-electron chi connectivity index (χ4n) is 8.06. The summed E-state index contributed by atoms with van der Waals surface area (Å²) in [4.78, 5) is 5.29. The Morgan fingerprint density at radius 1 is 0.373 bits per heavy atom. The number of pyridine rings is 1. The van der Waals surface area contributed by atoms with Crippen LogP contribution in [0.1, 0.15) is 0 Å². The molecule has 0 saturated heterocycles. The van der Waals surface area contributed by atoms with Crippen LogP contribution in [0.5, 0.6) is 0 Å². The molecule has 0 unspecified atom stereocenters. The van der Waals surface area contributed by atoms with Crippen molar-refractivity contribution in [3.63, 3.8) is 0 Å². The van der Waals surface area contributed by atoms with Crippen molar-refractivity contribution < 1.29 is 0 Å². The number of fused-ring (bicyclic) bond motifs is 9. The summed E-state index contributed by atoms with van der Waals surface area (Å²) >= 11 is 1.84. The zero-order chi connectivity index (χ0) is 33.5. The lowest BCUT2D eigenvalue weighted by Gasteiger charge is -2.12. The summed E-state index contributed by atoms with van der Waals surface area (Å²) in [5.41, 5.74) is 11.2. The fraction of sp³-hybridized carbons (Fsp3) is 0. The predicted molar refractivity (Wildman–Crippen MR) is 217 cm³/mol. The quantitative estimate of drug-likeness (QED) is 0.183.